The Labute approximate surface area is 111 Å². The lowest BCUT2D eigenvalue weighted by Crippen LogP contribution is -2.37. The van der Waals surface area contributed by atoms with Crippen molar-refractivity contribution in [2.75, 3.05) is 19.3 Å². The van der Waals surface area contributed by atoms with E-state index < -0.39 is 10.0 Å². The van der Waals surface area contributed by atoms with Gasteiger partial charge in [-0.2, -0.15) is 0 Å². The molecule has 2 heterocycles. The topological polar surface area (TPSA) is 66.5 Å². The number of rotatable bonds is 3. The molecule has 1 aliphatic rings. The van der Waals surface area contributed by atoms with Gasteiger partial charge in [-0.3, -0.25) is 4.79 Å². The van der Waals surface area contributed by atoms with Crippen LogP contribution >= 0.6 is 11.3 Å². The summed E-state index contributed by atoms with van der Waals surface area (Å²) in [4.78, 5) is 14.7. The molecule has 1 fully saturated rings. The number of sulfonamides is 1. The van der Waals surface area contributed by atoms with Crippen LogP contribution in [-0.2, 0) is 10.0 Å². The van der Waals surface area contributed by atoms with Crippen molar-refractivity contribution < 1.29 is 13.2 Å². The van der Waals surface area contributed by atoms with Crippen LogP contribution in [0.3, 0.4) is 0 Å². The van der Waals surface area contributed by atoms with Gasteiger partial charge >= 0.3 is 0 Å². The Bertz CT molecular complexity index is 550. The van der Waals surface area contributed by atoms with Crippen molar-refractivity contribution in [3.05, 3.63) is 21.9 Å². The van der Waals surface area contributed by atoms with Crippen LogP contribution in [0.1, 0.15) is 21.7 Å². The number of carbonyl (C=O) groups is 1. The maximum absolute atomic E-state index is 12.2. The quantitative estimate of drug-likeness (QED) is 0.895. The Hall–Kier alpha value is -0.920. The molecule has 0 spiro atoms. The second kappa shape index (κ2) is 4.99. The number of likely N-dealkylation sites (tertiary alicyclic amines) is 1. The molecule has 0 unspecified atom stereocenters. The van der Waals surface area contributed by atoms with Crippen molar-refractivity contribution in [3.8, 4) is 0 Å². The molecular weight excluding hydrogens is 272 g/mol. The van der Waals surface area contributed by atoms with Crippen molar-refractivity contribution in [2.45, 2.75) is 19.4 Å². The molecule has 0 bridgehead atoms. The summed E-state index contributed by atoms with van der Waals surface area (Å²) in [6, 6.07) is 1.75. The Balaban J connectivity index is 2.01. The number of nitrogens with zero attached hydrogens (tertiary/aromatic N) is 1. The Kier molecular flexibility index (Phi) is 3.74. The van der Waals surface area contributed by atoms with E-state index in [1.807, 2.05) is 18.4 Å². The number of hydrogen-bond acceptors (Lipinski definition) is 4. The SMILES string of the molecule is Cc1ccsc1C(=O)N1CC[C@H](NS(C)(=O)=O)C1. The zero-order valence-electron chi connectivity index (χ0n) is 10.3. The molecule has 0 saturated carbocycles. The first-order valence-electron chi connectivity index (χ1n) is 5.67. The van der Waals surface area contributed by atoms with E-state index in [2.05, 4.69) is 4.72 Å². The van der Waals surface area contributed by atoms with Crippen LogP contribution in [0.2, 0.25) is 0 Å². The first-order valence-corrected chi connectivity index (χ1v) is 8.44. The Morgan fingerprint density at radius 1 is 1.56 bits per heavy atom. The standard InChI is InChI=1S/C11H16N2O3S2/c1-8-4-6-17-10(8)11(14)13-5-3-9(7-13)12-18(2,15)16/h4,6,9,12H,3,5,7H2,1-2H3/t9-/m0/s1. The van der Waals surface area contributed by atoms with E-state index in [0.717, 1.165) is 16.7 Å². The number of carbonyl (C=O) groups excluding carboxylic acids is 1. The average Bonchev–Trinajstić information content (AvgIpc) is 2.84. The molecular formula is C11H16N2O3S2. The van der Waals surface area contributed by atoms with Gasteiger partial charge in [-0.25, -0.2) is 13.1 Å². The molecule has 100 valence electrons. The van der Waals surface area contributed by atoms with E-state index in [1.54, 1.807) is 4.90 Å². The van der Waals surface area contributed by atoms with E-state index in [4.69, 9.17) is 0 Å². The van der Waals surface area contributed by atoms with E-state index in [0.29, 0.717) is 19.5 Å². The van der Waals surface area contributed by atoms with Gasteiger partial charge in [0.25, 0.3) is 5.91 Å². The summed E-state index contributed by atoms with van der Waals surface area (Å²) >= 11 is 1.43. The third-order valence-electron chi connectivity index (χ3n) is 2.91. The average molecular weight is 288 g/mol. The van der Waals surface area contributed by atoms with Crippen molar-refractivity contribution >= 4 is 27.3 Å². The lowest BCUT2D eigenvalue weighted by molar-refractivity contribution is 0.0794. The molecule has 1 atom stereocenters. The van der Waals surface area contributed by atoms with Gasteiger partial charge in [0.1, 0.15) is 0 Å². The molecule has 2 rings (SSSR count). The number of hydrogen-bond donors (Lipinski definition) is 1. The first-order chi connectivity index (χ1) is 8.37. The van der Waals surface area contributed by atoms with Crippen LogP contribution in [0.25, 0.3) is 0 Å². The van der Waals surface area contributed by atoms with Gasteiger partial charge in [0.2, 0.25) is 10.0 Å². The van der Waals surface area contributed by atoms with Gasteiger partial charge in [0, 0.05) is 19.1 Å². The minimum Gasteiger partial charge on any atom is -0.336 e. The van der Waals surface area contributed by atoms with Crippen LogP contribution in [0.5, 0.6) is 0 Å². The molecule has 0 aromatic carbocycles. The summed E-state index contributed by atoms with van der Waals surface area (Å²) in [7, 11) is -3.20. The molecule has 0 aliphatic carbocycles. The van der Waals surface area contributed by atoms with Gasteiger partial charge in [-0.05, 0) is 30.4 Å². The minimum absolute atomic E-state index is 0.000279. The van der Waals surface area contributed by atoms with Crippen LogP contribution in [0.15, 0.2) is 11.4 Å². The normalized spacial score (nSPS) is 20.3. The second-order valence-corrected chi connectivity index (χ2v) is 7.26. The molecule has 1 saturated heterocycles. The van der Waals surface area contributed by atoms with E-state index in [9.17, 15) is 13.2 Å². The van der Waals surface area contributed by atoms with Crippen molar-refractivity contribution in [1.82, 2.24) is 9.62 Å². The molecule has 0 radical (unpaired) electrons. The molecule has 1 aromatic rings. The van der Waals surface area contributed by atoms with Gasteiger partial charge in [0.05, 0.1) is 11.1 Å². The zero-order chi connectivity index (χ0) is 13.3. The molecule has 7 heteroatoms. The van der Waals surface area contributed by atoms with Crippen molar-refractivity contribution in [3.63, 3.8) is 0 Å². The highest BCUT2D eigenvalue weighted by atomic mass is 32.2. The van der Waals surface area contributed by atoms with Crippen LogP contribution < -0.4 is 4.72 Å². The first kappa shape index (κ1) is 13.5. The smallest absolute Gasteiger partial charge is 0.264 e. The highest BCUT2D eigenvalue weighted by Gasteiger charge is 2.29. The number of thiophene rings is 1. The molecule has 1 aliphatic heterocycles. The fourth-order valence-corrected chi connectivity index (χ4v) is 3.77. The largest absolute Gasteiger partial charge is 0.336 e. The van der Waals surface area contributed by atoms with Crippen LogP contribution in [0, 0.1) is 6.92 Å². The summed E-state index contributed by atoms with van der Waals surface area (Å²) in [6.07, 6.45) is 1.81. The van der Waals surface area contributed by atoms with Crippen LogP contribution in [-0.4, -0.2) is 44.6 Å². The molecule has 1 amide bonds. The maximum Gasteiger partial charge on any atom is 0.264 e. The number of amides is 1. The fourth-order valence-electron chi connectivity index (χ4n) is 2.08. The molecule has 1 aromatic heterocycles. The summed E-state index contributed by atoms with van der Waals surface area (Å²) in [6.45, 7) is 2.96. The van der Waals surface area contributed by atoms with Crippen molar-refractivity contribution in [2.24, 2.45) is 0 Å². The third-order valence-corrected chi connectivity index (χ3v) is 4.68. The van der Waals surface area contributed by atoms with Gasteiger partial charge in [-0.1, -0.05) is 0 Å². The van der Waals surface area contributed by atoms with E-state index in [1.165, 1.54) is 11.3 Å². The second-order valence-electron chi connectivity index (χ2n) is 4.56. The molecule has 18 heavy (non-hydrogen) atoms. The van der Waals surface area contributed by atoms with Crippen LogP contribution in [0.4, 0.5) is 0 Å². The molecule has 5 nitrogen and oxygen atoms in total. The minimum atomic E-state index is -3.20. The maximum atomic E-state index is 12.2. The lowest BCUT2D eigenvalue weighted by atomic mass is 10.3. The number of aryl methyl sites for hydroxylation is 1. The van der Waals surface area contributed by atoms with Gasteiger partial charge < -0.3 is 4.90 Å². The summed E-state index contributed by atoms with van der Waals surface area (Å²) in [5.74, 6) is 0.000279. The fraction of sp³-hybridized carbons (Fsp3) is 0.545. The predicted molar refractivity (Wildman–Crippen MR) is 71.3 cm³/mol. The van der Waals surface area contributed by atoms with Gasteiger partial charge in [-0.15, -0.1) is 11.3 Å². The van der Waals surface area contributed by atoms with Crippen molar-refractivity contribution in [1.29, 1.82) is 0 Å². The zero-order valence-corrected chi connectivity index (χ0v) is 12.0. The van der Waals surface area contributed by atoms with Gasteiger partial charge in [0.15, 0.2) is 0 Å². The summed E-state index contributed by atoms with van der Waals surface area (Å²) in [5, 5.41) is 1.89. The highest BCUT2D eigenvalue weighted by molar-refractivity contribution is 7.88. The van der Waals surface area contributed by atoms with E-state index >= 15 is 0 Å². The highest BCUT2D eigenvalue weighted by Crippen LogP contribution is 2.20. The Morgan fingerprint density at radius 3 is 2.83 bits per heavy atom. The monoisotopic (exact) mass is 288 g/mol. The predicted octanol–water partition coefficient (Wildman–Crippen LogP) is 0.820. The lowest BCUT2D eigenvalue weighted by Gasteiger charge is -2.16. The summed E-state index contributed by atoms with van der Waals surface area (Å²) < 4.78 is 24.8. The Morgan fingerprint density at radius 2 is 2.28 bits per heavy atom. The van der Waals surface area contributed by atoms with E-state index in [-0.39, 0.29) is 11.9 Å². The third kappa shape index (κ3) is 3.09. The molecule has 1 N–H and O–H groups in total. The number of nitrogens with one attached hydrogen (secondary N) is 1. The summed E-state index contributed by atoms with van der Waals surface area (Å²) in [5.41, 5.74) is 0.976.